The number of hydrogen-bond acceptors (Lipinski definition) is 5. The molecule has 0 saturated carbocycles. The molecule has 1 saturated heterocycles. The number of halogens is 1. The topological polar surface area (TPSA) is 107 Å². The third-order valence-corrected chi connectivity index (χ3v) is 4.44. The molecule has 1 aromatic rings. The first kappa shape index (κ1) is 17.8. The first-order chi connectivity index (χ1) is 10.6. The number of β-amino-alcohol motifs (C(OH)–C–C–N with tert-alkyl or cyclic N) is 2. The van der Waals surface area contributed by atoms with Gasteiger partial charge in [0.15, 0.2) is 0 Å². The molecule has 23 heavy (non-hydrogen) atoms. The standard InChI is InChI=1S/C14H19FN2O5S/c1-23(21,22)16-8-14(20)9-17(7-12(14)18)13(19)6-10-4-2-3-5-11(10)15/h2-5,12,16,18,20H,6-9H2,1H3/t12-,14+/m1/s1. The molecule has 128 valence electrons. The van der Waals surface area contributed by atoms with Crippen molar-refractivity contribution in [2.45, 2.75) is 18.1 Å². The number of carbonyl (C=O) groups is 1. The van der Waals surface area contributed by atoms with Gasteiger partial charge in [-0.2, -0.15) is 0 Å². The fourth-order valence-corrected chi connectivity index (χ4v) is 2.93. The van der Waals surface area contributed by atoms with Gasteiger partial charge in [-0.1, -0.05) is 18.2 Å². The van der Waals surface area contributed by atoms with Crippen molar-refractivity contribution >= 4 is 15.9 Å². The van der Waals surface area contributed by atoms with E-state index in [1.54, 1.807) is 6.07 Å². The van der Waals surface area contributed by atoms with Crippen molar-refractivity contribution in [3.63, 3.8) is 0 Å². The molecular formula is C14H19FN2O5S. The number of nitrogens with one attached hydrogen (secondary N) is 1. The Balaban J connectivity index is 2.02. The van der Waals surface area contributed by atoms with Gasteiger partial charge in [0, 0.05) is 13.1 Å². The van der Waals surface area contributed by atoms with Crippen LogP contribution in [0.5, 0.6) is 0 Å². The highest BCUT2D eigenvalue weighted by Gasteiger charge is 2.46. The lowest BCUT2D eigenvalue weighted by atomic mass is 10.0. The number of nitrogens with zero attached hydrogens (tertiary/aromatic N) is 1. The lowest BCUT2D eigenvalue weighted by molar-refractivity contribution is -0.130. The zero-order chi connectivity index (χ0) is 17.3. The first-order valence-electron chi connectivity index (χ1n) is 6.97. The van der Waals surface area contributed by atoms with Crippen LogP contribution in [0.15, 0.2) is 24.3 Å². The highest BCUT2D eigenvalue weighted by atomic mass is 32.2. The largest absolute Gasteiger partial charge is 0.388 e. The summed E-state index contributed by atoms with van der Waals surface area (Å²) >= 11 is 0. The maximum absolute atomic E-state index is 13.6. The van der Waals surface area contributed by atoms with Crippen molar-refractivity contribution in [1.29, 1.82) is 0 Å². The molecule has 1 aliphatic rings. The zero-order valence-corrected chi connectivity index (χ0v) is 13.4. The van der Waals surface area contributed by atoms with E-state index in [1.807, 2.05) is 0 Å². The fourth-order valence-electron chi connectivity index (χ4n) is 2.42. The van der Waals surface area contributed by atoms with Gasteiger partial charge < -0.3 is 15.1 Å². The summed E-state index contributed by atoms with van der Waals surface area (Å²) in [4.78, 5) is 13.4. The Labute approximate surface area is 133 Å². The Morgan fingerprint density at radius 2 is 2.13 bits per heavy atom. The predicted octanol–water partition coefficient (Wildman–Crippen LogP) is -1.15. The molecule has 2 atom stereocenters. The highest BCUT2D eigenvalue weighted by molar-refractivity contribution is 7.88. The summed E-state index contributed by atoms with van der Waals surface area (Å²) in [5, 5.41) is 20.3. The molecular weight excluding hydrogens is 327 g/mol. The van der Waals surface area contributed by atoms with Gasteiger partial charge in [0.1, 0.15) is 17.5 Å². The Morgan fingerprint density at radius 3 is 2.74 bits per heavy atom. The zero-order valence-electron chi connectivity index (χ0n) is 12.6. The summed E-state index contributed by atoms with van der Waals surface area (Å²) < 4.78 is 37.9. The molecule has 1 amide bonds. The number of rotatable bonds is 5. The van der Waals surface area contributed by atoms with Crippen LogP contribution in [0.1, 0.15) is 5.56 Å². The third-order valence-electron chi connectivity index (χ3n) is 3.77. The van der Waals surface area contributed by atoms with Gasteiger partial charge in [-0.25, -0.2) is 17.5 Å². The van der Waals surface area contributed by atoms with Crippen molar-refractivity contribution < 1.29 is 27.8 Å². The van der Waals surface area contributed by atoms with Crippen LogP contribution >= 0.6 is 0 Å². The SMILES string of the molecule is CS(=O)(=O)NC[C@]1(O)CN(C(=O)Cc2ccccc2F)C[C@H]1O. The molecule has 0 radical (unpaired) electrons. The molecule has 1 fully saturated rings. The van der Waals surface area contributed by atoms with E-state index in [9.17, 15) is 27.8 Å². The van der Waals surface area contributed by atoms with E-state index >= 15 is 0 Å². The van der Waals surface area contributed by atoms with Crippen LogP contribution in [0.3, 0.4) is 0 Å². The number of aliphatic hydroxyl groups excluding tert-OH is 1. The summed E-state index contributed by atoms with van der Waals surface area (Å²) in [6.07, 6.45) is -0.561. The summed E-state index contributed by atoms with van der Waals surface area (Å²) in [7, 11) is -3.54. The lowest BCUT2D eigenvalue weighted by Gasteiger charge is -2.25. The summed E-state index contributed by atoms with van der Waals surface area (Å²) in [5.74, 6) is -0.959. The molecule has 0 aliphatic carbocycles. The second kappa shape index (κ2) is 6.52. The van der Waals surface area contributed by atoms with Crippen LogP contribution in [0.2, 0.25) is 0 Å². The molecule has 1 aliphatic heterocycles. The number of sulfonamides is 1. The van der Waals surface area contributed by atoms with E-state index in [4.69, 9.17) is 0 Å². The van der Waals surface area contributed by atoms with Crippen LogP contribution in [0.4, 0.5) is 4.39 Å². The van der Waals surface area contributed by atoms with Gasteiger partial charge in [-0.3, -0.25) is 4.79 Å². The van der Waals surface area contributed by atoms with Crippen LogP contribution in [0.25, 0.3) is 0 Å². The number of amides is 1. The van der Waals surface area contributed by atoms with Gasteiger partial charge >= 0.3 is 0 Å². The maximum atomic E-state index is 13.6. The first-order valence-corrected chi connectivity index (χ1v) is 8.86. The molecule has 9 heteroatoms. The Kier molecular flexibility index (Phi) is 5.04. The maximum Gasteiger partial charge on any atom is 0.227 e. The summed E-state index contributed by atoms with van der Waals surface area (Å²) in [5.41, 5.74) is -1.55. The fraction of sp³-hybridized carbons (Fsp3) is 0.500. The Bertz CT molecular complexity index is 696. The molecule has 1 aromatic carbocycles. The predicted molar refractivity (Wildman–Crippen MR) is 80.5 cm³/mol. The average molecular weight is 346 g/mol. The van der Waals surface area contributed by atoms with Crippen molar-refractivity contribution in [2.75, 3.05) is 25.9 Å². The van der Waals surface area contributed by atoms with E-state index in [0.29, 0.717) is 0 Å². The van der Waals surface area contributed by atoms with Gasteiger partial charge in [0.05, 0.1) is 19.2 Å². The van der Waals surface area contributed by atoms with E-state index in [0.717, 1.165) is 6.26 Å². The smallest absolute Gasteiger partial charge is 0.227 e. The second-order valence-electron chi connectivity index (χ2n) is 5.76. The van der Waals surface area contributed by atoms with Crippen LogP contribution in [-0.4, -0.2) is 67.0 Å². The minimum Gasteiger partial charge on any atom is -0.388 e. The number of carbonyl (C=O) groups excluding carboxylic acids is 1. The number of hydrogen-bond donors (Lipinski definition) is 3. The van der Waals surface area contributed by atoms with Gasteiger partial charge in [0.25, 0.3) is 0 Å². The molecule has 0 spiro atoms. The van der Waals surface area contributed by atoms with Crippen LogP contribution < -0.4 is 4.72 Å². The normalized spacial score (nSPS) is 24.9. The molecule has 0 bridgehead atoms. The van der Waals surface area contributed by atoms with E-state index in [2.05, 4.69) is 4.72 Å². The van der Waals surface area contributed by atoms with Crippen LogP contribution in [0, 0.1) is 5.82 Å². The van der Waals surface area contributed by atoms with Gasteiger partial charge in [-0.05, 0) is 11.6 Å². The van der Waals surface area contributed by atoms with Crippen molar-refractivity contribution in [2.24, 2.45) is 0 Å². The third kappa shape index (κ3) is 4.47. The Morgan fingerprint density at radius 1 is 1.48 bits per heavy atom. The van der Waals surface area contributed by atoms with Crippen molar-refractivity contribution in [1.82, 2.24) is 9.62 Å². The number of likely N-dealkylation sites (tertiary alicyclic amines) is 1. The Hall–Kier alpha value is -1.55. The molecule has 1 heterocycles. The van der Waals surface area contributed by atoms with E-state index in [-0.39, 0.29) is 25.1 Å². The monoisotopic (exact) mass is 346 g/mol. The van der Waals surface area contributed by atoms with E-state index < -0.39 is 40.0 Å². The van der Waals surface area contributed by atoms with Gasteiger partial charge in [-0.15, -0.1) is 0 Å². The summed E-state index contributed by atoms with van der Waals surface area (Å²) in [6, 6.07) is 5.85. The number of aliphatic hydroxyl groups is 2. The minimum absolute atomic E-state index is 0.144. The molecule has 2 rings (SSSR count). The quantitative estimate of drug-likeness (QED) is 0.624. The number of benzene rings is 1. The lowest BCUT2D eigenvalue weighted by Crippen LogP contribution is -2.51. The molecule has 7 nitrogen and oxygen atoms in total. The highest BCUT2D eigenvalue weighted by Crippen LogP contribution is 2.22. The van der Waals surface area contributed by atoms with E-state index in [1.165, 1.54) is 23.1 Å². The molecule has 0 aromatic heterocycles. The average Bonchev–Trinajstić information content (AvgIpc) is 2.75. The molecule has 0 unspecified atom stereocenters. The van der Waals surface area contributed by atoms with Crippen molar-refractivity contribution in [3.8, 4) is 0 Å². The van der Waals surface area contributed by atoms with Gasteiger partial charge in [0.2, 0.25) is 15.9 Å². The molecule has 3 N–H and O–H groups in total. The van der Waals surface area contributed by atoms with Crippen molar-refractivity contribution in [3.05, 3.63) is 35.6 Å². The minimum atomic E-state index is -3.54. The summed E-state index contributed by atoms with van der Waals surface area (Å²) in [6.45, 7) is -0.782. The second-order valence-corrected chi connectivity index (χ2v) is 7.59. The van der Waals surface area contributed by atoms with Crippen LogP contribution in [-0.2, 0) is 21.2 Å².